The summed E-state index contributed by atoms with van der Waals surface area (Å²) in [5.74, 6) is 0.942. The van der Waals surface area contributed by atoms with Crippen LogP contribution in [0.5, 0.6) is 0 Å². The number of fused-ring (bicyclic) bond motifs is 1. The molecule has 24 heavy (non-hydrogen) atoms. The molecule has 3 aromatic rings. The summed E-state index contributed by atoms with van der Waals surface area (Å²) in [5.41, 5.74) is 1.65. The maximum Gasteiger partial charge on any atom is 0.166 e. The van der Waals surface area contributed by atoms with Gasteiger partial charge in [0.1, 0.15) is 5.82 Å². The van der Waals surface area contributed by atoms with Crippen LogP contribution in [-0.2, 0) is 11.0 Å². The van der Waals surface area contributed by atoms with Gasteiger partial charge < -0.3 is 5.11 Å². The Morgan fingerprint density at radius 1 is 1.12 bits per heavy atom. The van der Waals surface area contributed by atoms with Crippen LogP contribution in [0.4, 0.5) is 0 Å². The molecule has 0 unspecified atom stereocenters. The molecular formula is C19H20ClN3O. The summed E-state index contributed by atoms with van der Waals surface area (Å²) in [6.07, 6.45) is 5.24. The van der Waals surface area contributed by atoms with Gasteiger partial charge in [0.25, 0.3) is 0 Å². The Hall–Kier alpha value is -1.91. The highest BCUT2D eigenvalue weighted by molar-refractivity contribution is 6.30. The Kier molecular flexibility index (Phi) is 3.44. The largest absolute Gasteiger partial charge is 0.386 e. The van der Waals surface area contributed by atoms with E-state index in [1.54, 1.807) is 13.8 Å². The Balaban J connectivity index is 1.91. The van der Waals surface area contributed by atoms with Crippen LogP contribution >= 0.6 is 11.6 Å². The van der Waals surface area contributed by atoms with Gasteiger partial charge in [0.15, 0.2) is 5.65 Å². The summed E-state index contributed by atoms with van der Waals surface area (Å²) in [6.45, 7) is 3.55. The molecule has 1 aliphatic rings. The van der Waals surface area contributed by atoms with E-state index in [-0.39, 0.29) is 5.41 Å². The van der Waals surface area contributed by atoms with Gasteiger partial charge in [-0.3, -0.25) is 4.40 Å². The average molecular weight is 342 g/mol. The van der Waals surface area contributed by atoms with E-state index in [9.17, 15) is 5.11 Å². The summed E-state index contributed by atoms with van der Waals surface area (Å²) in [5, 5.41) is 20.1. The second kappa shape index (κ2) is 5.30. The monoisotopic (exact) mass is 341 g/mol. The zero-order valence-corrected chi connectivity index (χ0v) is 14.6. The number of hydrogen-bond donors (Lipinski definition) is 1. The van der Waals surface area contributed by atoms with Crippen molar-refractivity contribution >= 4 is 17.2 Å². The predicted molar refractivity (Wildman–Crippen MR) is 94.3 cm³/mol. The Bertz CT molecular complexity index is 889. The van der Waals surface area contributed by atoms with Gasteiger partial charge in [0, 0.05) is 16.8 Å². The quantitative estimate of drug-likeness (QED) is 0.781. The molecule has 1 aromatic carbocycles. The third-order valence-electron chi connectivity index (χ3n) is 5.13. The summed E-state index contributed by atoms with van der Waals surface area (Å²) in [6, 6.07) is 11.9. The van der Waals surface area contributed by atoms with E-state index in [0.29, 0.717) is 0 Å². The maximum absolute atomic E-state index is 10.4. The Morgan fingerprint density at radius 2 is 1.83 bits per heavy atom. The molecule has 124 valence electrons. The highest BCUT2D eigenvalue weighted by Crippen LogP contribution is 2.48. The van der Waals surface area contributed by atoms with E-state index in [4.69, 9.17) is 11.6 Å². The van der Waals surface area contributed by atoms with Gasteiger partial charge in [-0.15, -0.1) is 10.2 Å². The SMILES string of the molecule is CC(C)(O)c1cccn2c(C3(c4ccc(Cl)cc4)CCC3)nnc12. The van der Waals surface area contributed by atoms with Gasteiger partial charge in [0.05, 0.1) is 11.0 Å². The number of halogens is 1. The standard InChI is InChI=1S/C19H20ClN3O/c1-18(2,24)15-5-3-12-23-16(15)21-22-17(23)19(10-4-11-19)13-6-8-14(20)9-7-13/h3,5-9,12,24H,4,10-11H2,1-2H3. The maximum atomic E-state index is 10.4. The topological polar surface area (TPSA) is 50.4 Å². The summed E-state index contributed by atoms with van der Waals surface area (Å²) in [4.78, 5) is 0. The van der Waals surface area contributed by atoms with Crippen molar-refractivity contribution in [2.45, 2.75) is 44.1 Å². The fourth-order valence-corrected chi connectivity index (χ4v) is 3.79. The fraction of sp³-hybridized carbons (Fsp3) is 0.368. The van der Waals surface area contributed by atoms with Crippen LogP contribution in [-0.4, -0.2) is 19.7 Å². The number of pyridine rings is 1. The van der Waals surface area contributed by atoms with Crippen molar-refractivity contribution in [2.24, 2.45) is 0 Å². The molecule has 1 saturated carbocycles. The first kappa shape index (κ1) is 15.6. The van der Waals surface area contributed by atoms with Crippen molar-refractivity contribution in [1.82, 2.24) is 14.6 Å². The molecule has 0 spiro atoms. The van der Waals surface area contributed by atoms with Crippen LogP contribution in [0.15, 0.2) is 42.6 Å². The van der Waals surface area contributed by atoms with E-state index in [1.165, 1.54) is 12.0 Å². The molecule has 0 saturated heterocycles. The van der Waals surface area contributed by atoms with Gasteiger partial charge in [-0.25, -0.2) is 0 Å². The second-order valence-corrected chi connectivity index (χ2v) is 7.58. The average Bonchev–Trinajstić information content (AvgIpc) is 2.91. The third-order valence-corrected chi connectivity index (χ3v) is 5.38. The highest BCUT2D eigenvalue weighted by Gasteiger charge is 2.44. The first-order chi connectivity index (χ1) is 11.4. The molecule has 4 nitrogen and oxygen atoms in total. The van der Waals surface area contributed by atoms with Crippen LogP contribution in [0.2, 0.25) is 5.02 Å². The van der Waals surface area contributed by atoms with Crippen molar-refractivity contribution in [2.75, 3.05) is 0 Å². The predicted octanol–water partition coefficient (Wildman–Crippen LogP) is 4.08. The zero-order valence-electron chi connectivity index (χ0n) is 13.8. The molecule has 0 aliphatic heterocycles. The number of benzene rings is 1. The van der Waals surface area contributed by atoms with Gasteiger partial charge >= 0.3 is 0 Å². The minimum absolute atomic E-state index is 0.123. The van der Waals surface area contributed by atoms with E-state index >= 15 is 0 Å². The second-order valence-electron chi connectivity index (χ2n) is 7.14. The van der Waals surface area contributed by atoms with Gasteiger partial charge in [-0.1, -0.05) is 36.2 Å². The third kappa shape index (κ3) is 2.25. The first-order valence-electron chi connectivity index (χ1n) is 8.25. The smallest absolute Gasteiger partial charge is 0.166 e. The molecule has 1 N–H and O–H groups in total. The molecular weight excluding hydrogens is 322 g/mol. The number of hydrogen-bond acceptors (Lipinski definition) is 3. The van der Waals surface area contributed by atoms with Crippen LogP contribution in [0.3, 0.4) is 0 Å². The molecule has 0 bridgehead atoms. The lowest BCUT2D eigenvalue weighted by molar-refractivity contribution is 0.0796. The minimum atomic E-state index is -0.958. The number of aromatic nitrogens is 3. The zero-order chi connectivity index (χ0) is 16.9. The number of aliphatic hydroxyl groups is 1. The molecule has 0 radical (unpaired) electrons. The summed E-state index contributed by atoms with van der Waals surface area (Å²) < 4.78 is 2.03. The molecule has 2 heterocycles. The number of rotatable bonds is 3. The molecule has 0 amide bonds. The van der Waals surface area contributed by atoms with Crippen molar-refractivity contribution < 1.29 is 5.11 Å². The first-order valence-corrected chi connectivity index (χ1v) is 8.63. The van der Waals surface area contributed by atoms with Crippen LogP contribution in [0.25, 0.3) is 5.65 Å². The number of nitrogens with zero attached hydrogens (tertiary/aromatic N) is 3. The lowest BCUT2D eigenvalue weighted by Crippen LogP contribution is -2.37. The van der Waals surface area contributed by atoms with Crippen LogP contribution in [0.1, 0.15) is 50.1 Å². The molecule has 4 rings (SSSR count). The van der Waals surface area contributed by atoms with Gasteiger partial charge in [-0.05, 0) is 50.5 Å². The lowest BCUT2D eigenvalue weighted by Gasteiger charge is -2.41. The molecule has 1 fully saturated rings. The molecule has 2 aromatic heterocycles. The van der Waals surface area contributed by atoms with E-state index in [0.717, 1.165) is 34.9 Å². The molecule has 5 heteroatoms. The Morgan fingerprint density at radius 3 is 2.42 bits per heavy atom. The van der Waals surface area contributed by atoms with Crippen LogP contribution in [0, 0.1) is 0 Å². The van der Waals surface area contributed by atoms with Crippen molar-refractivity contribution in [3.05, 3.63) is 64.6 Å². The highest BCUT2D eigenvalue weighted by atomic mass is 35.5. The van der Waals surface area contributed by atoms with E-state index in [1.807, 2.05) is 34.9 Å². The summed E-state index contributed by atoms with van der Waals surface area (Å²) in [7, 11) is 0. The van der Waals surface area contributed by atoms with E-state index < -0.39 is 5.60 Å². The lowest BCUT2D eigenvalue weighted by atomic mass is 9.64. The fourth-order valence-electron chi connectivity index (χ4n) is 3.66. The van der Waals surface area contributed by atoms with Gasteiger partial charge in [0.2, 0.25) is 0 Å². The van der Waals surface area contributed by atoms with Gasteiger partial charge in [-0.2, -0.15) is 0 Å². The summed E-state index contributed by atoms with van der Waals surface area (Å²) >= 11 is 6.05. The van der Waals surface area contributed by atoms with Crippen molar-refractivity contribution in [1.29, 1.82) is 0 Å². The normalized spacial score (nSPS) is 17.0. The molecule has 1 aliphatic carbocycles. The minimum Gasteiger partial charge on any atom is -0.386 e. The molecule has 0 atom stereocenters. The van der Waals surface area contributed by atoms with Crippen molar-refractivity contribution in [3.63, 3.8) is 0 Å². The van der Waals surface area contributed by atoms with Crippen molar-refractivity contribution in [3.8, 4) is 0 Å². The Labute approximate surface area is 146 Å². The van der Waals surface area contributed by atoms with Crippen LogP contribution < -0.4 is 0 Å². The van der Waals surface area contributed by atoms with E-state index in [2.05, 4.69) is 22.3 Å².